The largest absolute Gasteiger partial charge is 0.462 e. The van der Waals surface area contributed by atoms with Crippen LogP contribution in [0.3, 0.4) is 0 Å². The number of rotatable bonds is 68. The van der Waals surface area contributed by atoms with Crippen molar-refractivity contribution >= 4 is 17.9 Å². The van der Waals surface area contributed by atoms with E-state index in [2.05, 4.69) is 32.9 Å². The summed E-state index contributed by atoms with van der Waals surface area (Å²) < 4.78 is 17.0. The van der Waals surface area contributed by atoms with Gasteiger partial charge in [-0.1, -0.05) is 367 Å². The molecule has 0 aromatic carbocycles. The maximum atomic E-state index is 13.0. The zero-order chi connectivity index (χ0) is 57.1. The molecule has 0 aliphatic rings. The molecule has 0 rings (SSSR count). The smallest absolute Gasteiger partial charge is 0.306 e. The quantitative estimate of drug-likeness (QED) is 0.0261. The first-order valence-electron chi connectivity index (χ1n) is 36.2. The predicted octanol–water partition coefficient (Wildman–Crippen LogP) is 24.8. The Morgan fingerprint density at radius 2 is 0.418 bits per heavy atom. The van der Waals surface area contributed by atoms with Gasteiger partial charge in [0.15, 0.2) is 6.10 Å². The molecule has 0 aliphatic carbocycles. The fraction of sp³-hybridized carbons (Fsp3) is 0.932. The van der Waals surface area contributed by atoms with E-state index in [1.54, 1.807) is 0 Å². The Morgan fingerprint density at radius 1 is 0.241 bits per heavy atom. The number of carbonyl (C=O) groups is 3. The summed E-state index contributed by atoms with van der Waals surface area (Å²) in [6, 6.07) is 0. The Labute approximate surface area is 494 Å². The lowest BCUT2D eigenvalue weighted by molar-refractivity contribution is -0.167. The van der Waals surface area contributed by atoms with Gasteiger partial charge in [-0.25, -0.2) is 0 Å². The summed E-state index contributed by atoms with van der Waals surface area (Å²) in [5.41, 5.74) is 0. The number of esters is 3. The lowest BCUT2D eigenvalue weighted by Crippen LogP contribution is -2.30. The van der Waals surface area contributed by atoms with Crippen molar-refractivity contribution in [2.45, 2.75) is 425 Å². The second-order valence-corrected chi connectivity index (χ2v) is 24.9. The van der Waals surface area contributed by atoms with Crippen molar-refractivity contribution in [1.82, 2.24) is 0 Å². The van der Waals surface area contributed by atoms with Crippen LogP contribution in [0.5, 0.6) is 0 Å². The Bertz CT molecular complexity index is 1230. The van der Waals surface area contributed by atoms with Crippen LogP contribution in [-0.2, 0) is 28.6 Å². The zero-order valence-corrected chi connectivity index (χ0v) is 53.9. The molecule has 0 N–H and O–H groups in total. The first-order valence-corrected chi connectivity index (χ1v) is 36.2. The van der Waals surface area contributed by atoms with Gasteiger partial charge in [0.25, 0.3) is 0 Å². The molecule has 0 radical (unpaired) electrons. The second kappa shape index (κ2) is 68.6. The van der Waals surface area contributed by atoms with Crippen LogP contribution in [0.2, 0.25) is 0 Å². The number of unbranched alkanes of at least 4 members (excludes halogenated alkanes) is 55. The first-order chi connectivity index (χ1) is 39.0. The van der Waals surface area contributed by atoms with Crippen molar-refractivity contribution in [2.75, 3.05) is 13.2 Å². The topological polar surface area (TPSA) is 78.9 Å². The molecule has 79 heavy (non-hydrogen) atoms. The van der Waals surface area contributed by atoms with Crippen molar-refractivity contribution in [3.63, 3.8) is 0 Å². The molecule has 6 heteroatoms. The van der Waals surface area contributed by atoms with Crippen molar-refractivity contribution < 1.29 is 28.6 Å². The van der Waals surface area contributed by atoms with Gasteiger partial charge in [0.05, 0.1) is 0 Å². The molecule has 468 valence electrons. The van der Waals surface area contributed by atoms with Gasteiger partial charge in [-0.05, 0) is 44.9 Å². The van der Waals surface area contributed by atoms with Gasteiger partial charge >= 0.3 is 17.9 Å². The van der Waals surface area contributed by atoms with Crippen molar-refractivity contribution in [3.8, 4) is 0 Å². The summed E-state index contributed by atoms with van der Waals surface area (Å²) in [5, 5.41) is 0. The summed E-state index contributed by atoms with van der Waals surface area (Å²) in [6.45, 7) is 6.74. The van der Waals surface area contributed by atoms with E-state index >= 15 is 0 Å². The molecule has 0 saturated carbocycles. The van der Waals surface area contributed by atoms with Gasteiger partial charge in [0.2, 0.25) is 0 Å². The molecule has 6 nitrogen and oxygen atoms in total. The third-order valence-corrected chi connectivity index (χ3v) is 16.8. The van der Waals surface area contributed by atoms with E-state index in [1.165, 1.54) is 321 Å². The highest BCUT2D eigenvalue weighted by Crippen LogP contribution is 2.19. The van der Waals surface area contributed by atoms with Crippen molar-refractivity contribution in [3.05, 3.63) is 12.2 Å². The molecule has 0 amide bonds. The van der Waals surface area contributed by atoms with Crippen LogP contribution in [0.25, 0.3) is 0 Å². The highest BCUT2D eigenvalue weighted by atomic mass is 16.6. The average Bonchev–Trinajstić information content (AvgIpc) is 3.45. The van der Waals surface area contributed by atoms with Gasteiger partial charge in [0, 0.05) is 19.3 Å². The summed E-state index contributed by atoms with van der Waals surface area (Å²) >= 11 is 0. The highest BCUT2D eigenvalue weighted by molar-refractivity contribution is 5.71. The molecule has 0 heterocycles. The maximum absolute atomic E-state index is 13.0. The summed E-state index contributed by atoms with van der Waals surface area (Å²) in [6.07, 6.45) is 82.5. The summed E-state index contributed by atoms with van der Waals surface area (Å²) in [5.74, 6) is -0.826. The number of allylic oxidation sites excluding steroid dienone is 2. The van der Waals surface area contributed by atoms with Crippen LogP contribution in [0.15, 0.2) is 12.2 Å². The van der Waals surface area contributed by atoms with E-state index in [-0.39, 0.29) is 31.1 Å². The third-order valence-electron chi connectivity index (χ3n) is 16.8. The van der Waals surface area contributed by atoms with Crippen molar-refractivity contribution in [1.29, 1.82) is 0 Å². The van der Waals surface area contributed by atoms with Crippen LogP contribution < -0.4 is 0 Å². The fourth-order valence-corrected chi connectivity index (χ4v) is 11.3. The monoisotopic (exact) mass is 1110 g/mol. The standard InChI is InChI=1S/C73H140O6/c1-4-7-10-13-16-19-22-25-28-30-32-34-36-38-39-41-43-45-48-51-54-57-60-63-66-72(75)78-69-70(68-77-71(74)65-62-59-56-53-50-47-27-24-21-18-15-12-9-6-3)79-73(76)67-64-61-58-55-52-49-46-44-42-40-37-35-33-31-29-26-23-20-17-14-11-8-5-2/h31,33,70H,4-30,32,34-69H2,1-3H3/b33-31-. The van der Waals surface area contributed by atoms with Crippen LogP contribution in [0.4, 0.5) is 0 Å². The molecule has 0 aliphatic heterocycles. The third kappa shape index (κ3) is 66.8. The van der Waals surface area contributed by atoms with Crippen LogP contribution in [-0.4, -0.2) is 37.2 Å². The average molecular weight is 1110 g/mol. The highest BCUT2D eigenvalue weighted by Gasteiger charge is 2.20. The van der Waals surface area contributed by atoms with Crippen LogP contribution >= 0.6 is 0 Å². The van der Waals surface area contributed by atoms with E-state index < -0.39 is 6.10 Å². The van der Waals surface area contributed by atoms with E-state index in [0.717, 1.165) is 57.8 Å². The number of hydrogen-bond donors (Lipinski definition) is 0. The lowest BCUT2D eigenvalue weighted by atomic mass is 10.0. The molecule has 0 saturated heterocycles. The van der Waals surface area contributed by atoms with Gasteiger partial charge in [-0.2, -0.15) is 0 Å². The minimum atomic E-state index is -0.767. The molecular formula is C73H140O6. The SMILES string of the molecule is CCCCCCCCCC/C=C\CCCCCCCCCCCCCC(=O)OC(COC(=O)CCCCCCCCCCCCCCCC)COC(=O)CCCCCCCCCCCCCCCCCCCCCCCCCC. The number of hydrogen-bond acceptors (Lipinski definition) is 6. The van der Waals surface area contributed by atoms with E-state index in [0.29, 0.717) is 19.3 Å². The Morgan fingerprint density at radius 3 is 0.633 bits per heavy atom. The van der Waals surface area contributed by atoms with Gasteiger partial charge < -0.3 is 14.2 Å². The minimum absolute atomic E-state index is 0.0629. The molecule has 1 unspecified atom stereocenters. The maximum Gasteiger partial charge on any atom is 0.306 e. The summed E-state index contributed by atoms with van der Waals surface area (Å²) in [4.78, 5) is 38.5. The molecule has 0 fully saturated rings. The lowest BCUT2D eigenvalue weighted by Gasteiger charge is -2.18. The number of carbonyl (C=O) groups excluding carboxylic acids is 3. The van der Waals surface area contributed by atoms with Crippen molar-refractivity contribution in [2.24, 2.45) is 0 Å². The minimum Gasteiger partial charge on any atom is -0.462 e. The van der Waals surface area contributed by atoms with E-state index in [4.69, 9.17) is 14.2 Å². The molecule has 0 spiro atoms. The Balaban J connectivity index is 4.22. The second-order valence-electron chi connectivity index (χ2n) is 24.9. The molecular weight excluding hydrogens is 973 g/mol. The van der Waals surface area contributed by atoms with E-state index in [1.807, 2.05) is 0 Å². The van der Waals surface area contributed by atoms with Crippen LogP contribution in [0, 0.1) is 0 Å². The van der Waals surface area contributed by atoms with Gasteiger partial charge in [-0.3, -0.25) is 14.4 Å². The fourth-order valence-electron chi connectivity index (χ4n) is 11.3. The van der Waals surface area contributed by atoms with E-state index in [9.17, 15) is 14.4 Å². The Hall–Kier alpha value is -1.85. The normalized spacial score (nSPS) is 12.0. The predicted molar refractivity (Wildman–Crippen MR) is 344 cm³/mol. The van der Waals surface area contributed by atoms with Crippen LogP contribution in [0.1, 0.15) is 419 Å². The molecule has 0 aromatic heterocycles. The first kappa shape index (κ1) is 77.2. The van der Waals surface area contributed by atoms with Gasteiger partial charge in [-0.15, -0.1) is 0 Å². The molecule has 0 aromatic rings. The Kier molecular flexibility index (Phi) is 67.0. The number of ether oxygens (including phenoxy) is 3. The summed E-state index contributed by atoms with van der Waals surface area (Å²) in [7, 11) is 0. The van der Waals surface area contributed by atoms with Gasteiger partial charge in [0.1, 0.15) is 13.2 Å². The molecule has 1 atom stereocenters. The zero-order valence-electron chi connectivity index (χ0n) is 53.9. The molecule has 0 bridgehead atoms.